The molecule has 0 aliphatic carbocycles. The number of ether oxygens (including phenoxy) is 1. The van der Waals surface area contributed by atoms with E-state index in [0.29, 0.717) is 13.0 Å². The maximum absolute atomic E-state index is 9.73. The van der Waals surface area contributed by atoms with Crippen LogP contribution in [0.3, 0.4) is 0 Å². The van der Waals surface area contributed by atoms with Gasteiger partial charge >= 0.3 is 0 Å². The summed E-state index contributed by atoms with van der Waals surface area (Å²) < 4.78 is 5.30. The van der Waals surface area contributed by atoms with Crippen LogP contribution in [-0.2, 0) is 4.74 Å². The zero-order valence-corrected chi connectivity index (χ0v) is 11.7. The minimum absolute atomic E-state index is 0.135. The third kappa shape index (κ3) is 12.1. The summed E-state index contributed by atoms with van der Waals surface area (Å²) in [5.41, 5.74) is 0. The average Bonchev–Trinajstić information content (AvgIpc) is 2.26. The lowest BCUT2D eigenvalue weighted by Gasteiger charge is -2.17. The van der Waals surface area contributed by atoms with Crippen LogP contribution < -0.4 is 0 Å². The van der Waals surface area contributed by atoms with Gasteiger partial charge in [0.2, 0.25) is 0 Å². The number of rotatable bonds is 11. The van der Waals surface area contributed by atoms with Crippen molar-refractivity contribution in [3.63, 3.8) is 0 Å². The van der Waals surface area contributed by atoms with Crippen LogP contribution in [0.5, 0.6) is 0 Å². The Labute approximate surface area is 106 Å². The van der Waals surface area contributed by atoms with Crippen LogP contribution in [-0.4, -0.2) is 35.1 Å². The van der Waals surface area contributed by atoms with E-state index in [1.807, 2.05) is 13.8 Å². The summed E-state index contributed by atoms with van der Waals surface area (Å²) in [6.07, 6.45) is 6.45. The highest BCUT2D eigenvalue weighted by Crippen LogP contribution is 2.11. The van der Waals surface area contributed by atoms with E-state index in [0.717, 1.165) is 12.8 Å². The first-order valence-corrected chi connectivity index (χ1v) is 7.04. The molecule has 0 aliphatic heterocycles. The number of aliphatic hydroxyl groups excluding tert-OH is 2. The topological polar surface area (TPSA) is 49.7 Å². The molecule has 2 N–H and O–H groups in total. The van der Waals surface area contributed by atoms with Crippen molar-refractivity contribution in [3.05, 3.63) is 0 Å². The third-order valence-corrected chi connectivity index (χ3v) is 2.81. The van der Waals surface area contributed by atoms with E-state index in [4.69, 9.17) is 4.74 Å². The highest BCUT2D eigenvalue weighted by molar-refractivity contribution is 4.63. The molecule has 0 spiro atoms. The van der Waals surface area contributed by atoms with Crippen LogP contribution in [0, 0.1) is 0 Å². The summed E-state index contributed by atoms with van der Waals surface area (Å²) in [6.45, 7) is 6.40. The molecule has 0 aromatic carbocycles. The van der Waals surface area contributed by atoms with Gasteiger partial charge in [-0.25, -0.2) is 0 Å². The zero-order chi connectivity index (χ0) is 13.1. The Morgan fingerprint density at radius 3 is 2.18 bits per heavy atom. The lowest BCUT2D eigenvalue weighted by molar-refractivity contribution is -0.0166. The molecule has 3 nitrogen and oxygen atoms in total. The Hall–Kier alpha value is -0.120. The summed E-state index contributed by atoms with van der Waals surface area (Å²) in [4.78, 5) is 0. The summed E-state index contributed by atoms with van der Waals surface area (Å²) >= 11 is 0. The second-order valence-electron chi connectivity index (χ2n) is 5.13. The molecule has 0 bridgehead atoms. The second kappa shape index (κ2) is 11.0. The van der Waals surface area contributed by atoms with Crippen LogP contribution in [0.1, 0.15) is 65.7 Å². The molecule has 0 rings (SSSR count). The molecule has 104 valence electrons. The average molecular weight is 246 g/mol. The number of aliphatic hydroxyl groups is 2. The number of hydrogen-bond donors (Lipinski definition) is 2. The quantitative estimate of drug-likeness (QED) is 0.551. The van der Waals surface area contributed by atoms with Crippen LogP contribution >= 0.6 is 0 Å². The van der Waals surface area contributed by atoms with Gasteiger partial charge in [0, 0.05) is 6.42 Å². The molecule has 0 fully saturated rings. The molecule has 0 amide bonds. The lowest BCUT2D eigenvalue weighted by atomic mass is 10.0. The highest BCUT2D eigenvalue weighted by Gasteiger charge is 2.12. The minimum Gasteiger partial charge on any atom is -0.393 e. The van der Waals surface area contributed by atoms with Crippen LogP contribution in [0.4, 0.5) is 0 Å². The number of unbranched alkanes of at least 4 members (excludes halogenated alkanes) is 4. The fourth-order valence-electron chi connectivity index (χ4n) is 1.79. The molecular weight excluding hydrogens is 216 g/mol. The van der Waals surface area contributed by atoms with Gasteiger partial charge in [0.05, 0.1) is 24.9 Å². The van der Waals surface area contributed by atoms with E-state index in [1.165, 1.54) is 25.7 Å². The molecule has 0 aliphatic rings. The van der Waals surface area contributed by atoms with Gasteiger partial charge in [0.15, 0.2) is 0 Å². The monoisotopic (exact) mass is 246 g/mol. The Kier molecular flexibility index (Phi) is 10.9. The Morgan fingerprint density at radius 1 is 0.941 bits per heavy atom. The summed E-state index contributed by atoms with van der Waals surface area (Å²) in [6, 6.07) is 0. The van der Waals surface area contributed by atoms with Crippen molar-refractivity contribution in [3.8, 4) is 0 Å². The molecular formula is C14H30O3. The standard InChI is InChI=1S/C14H30O3/c1-4-5-6-7-8-9-13(15)10-14(16)11-17-12(2)3/h12-16H,4-11H2,1-3H3. The van der Waals surface area contributed by atoms with E-state index in [1.54, 1.807) is 0 Å². The second-order valence-corrected chi connectivity index (χ2v) is 5.13. The van der Waals surface area contributed by atoms with E-state index in [-0.39, 0.29) is 12.2 Å². The van der Waals surface area contributed by atoms with Gasteiger partial charge in [-0.05, 0) is 20.3 Å². The molecule has 0 saturated carbocycles. The molecule has 3 heteroatoms. The van der Waals surface area contributed by atoms with Crippen molar-refractivity contribution in [2.24, 2.45) is 0 Å². The highest BCUT2D eigenvalue weighted by atomic mass is 16.5. The maximum atomic E-state index is 9.73. The fraction of sp³-hybridized carbons (Fsp3) is 1.00. The first-order chi connectivity index (χ1) is 8.06. The van der Waals surface area contributed by atoms with Crippen LogP contribution in [0.25, 0.3) is 0 Å². The Bertz CT molecular complexity index is 160. The van der Waals surface area contributed by atoms with Crippen molar-refractivity contribution in [1.29, 1.82) is 0 Å². The smallest absolute Gasteiger partial charge is 0.0798 e. The minimum atomic E-state index is -0.539. The lowest BCUT2D eigenvalue weighted by Crippen LogP contribution is -2.24. The predicted molar refractivity (Wildman–Crippen MR) is 71.1 cm³/mol. The van der Waals surface area contributed by atoms with Gasteiger partial charge in [-0.15, -0.1) is 0 Å². The predicted octanol–water partition coefficient (Wildman–Crippen LogP) is 2.88. The molecule has 0 aromatic rings. The van der Waals surface area contributed by atoms with Gasteiger partial charge in [-0.2, -0.15) is 0 Å². The molecule has 17 heavy (non-hydrogen) atoms. The van der Waals surface area contributed by atoms with Gasteiger partial charge < -0.3 is 14.9 Å². The maximum Gasteiger partial charge on any atom is 0.0798 e. The van der Waals surface area contributed by atoms with Crippen molar-refractivity contribution < 1.29 is 14.9 Å². The van der Waals surface area contributed by atoms with Gasteiger partial charge in [-0.3, -0.25) is 0 Å². The first kappa shape index (κ1) is 16.9. The largest absolute Gasteiger partial charge is 0.393 e. The molecule has 2 unspecified atom stereocenters. The van der Waals surface area contributed by atoms with E-state index >= 15 is 0 Å². The van der Waals surface area contributed by atoms with Gasteiger partial charge in [0.25, 0.3) is 0 Å². The molecule has 0 heterocycles. The normalized spacial score (nSPS) is 15.2. The van der Waals surface area contributed by atoms with Gasteiger partial charge in [0.1, 0.15) is 0 Å². The Balaban J connectivity index is 3.40. The van der Waals surface area contributed by atoms with Crippen LogP contribution in [0.15, 0.2) is 0 Å². The summed E-state index contributed by atoms with van der Waals surface area (Å²) in [7, 11) is 0. The molecule has 0 radical (unpaired) electrons. The van der Waals surface area contributed by atoms with E-state index in [2.05, 4.69) is 6.92 Å². The number of hydrogen-bond acceptors (Lipinski definition) is 3. The van der Waals surface area contributed by atoms with Crippen molar-refractivity contribution in [2.45, 2.75) is 84.0 Å². The Morgan fingerprint density at radius 2 is 1.59 bits per heavy atom. The zero-order valence-electron chi connectivity index (χ0n) is 11.7. The summed E-state index contributed by atoms with van der Waals surface area (Å²) in [5, 5.41) is 19.4. The molecule has 2 atom stereocenters. The fourth-order valence-corrected chi connectivity index (χ4v) is 1.79. The van der Waals surface area contributed by atoms with Crippen molar-refractivity contribution in [1.82, 2.24) is 0 Å². The van der Waals surface area contributed by atoms with Crippen LogP contribution in [0.2, 0.25) is 0 Å². The van der Waals surface area contributed by atoms with Crippen molar-refractivity contribution in [2.75, 3.05) is 6.61 Å². The summed E-state index contributed by atoms with van der Waals surface area (Å²) in [5.74, 6) is 0. The van der Waals surface area contributed by atoms with Gasteiger partial charge in [-0.1, -0.05) is 39.0 Å². The third-order valence-electron chi connectivity index (χ3n) is 2.81. The van der Waals surface area contributed by atoms with E-state index < -0.39 is 6.10 Å². The SMILES string of the molecule is CCCCCCCC(O)CC(O)COC(C)C. The van der Waals surface area contributed by atoms with Crippen molar-refractivity contribution >= 4 is 0 Å². The molecule has 0 aromatic heterocycles. The molecule has 0 saturated heterocycles. The first-order valence-electron chi connectivity index (χ1n) is 7.04. The van der Waals surface area contributed by atoms with E-state index in [9.17, 15) is 10.2 Å².